The predicted octanol–water partition coefficient (Wildman–Crippen LogP) is 3.54. The number of carbonyl (C=O) groups excluding carboxylic acids is 1. The highest BCUT2D eigenvalue weighted by molar-refractivity contribution is 5.98. The number of nitrogens with two attached hydrogens (primary N) is 1. The van der Waals surface area contributed by atoms with Crippen LogP contribution in [-0.2, 0) is 20.7 Å². The molecule has 1 aliphatic heterocycles. The Bertz CT molecular complexity index is 744. The fraction of sp³-hybridized carbons (Fsp3) is 0.381. The monoisotopic (exact) mass is 406 g/mol. The lowest BCUT2D eigenvalue weighted by Gasteiger charge is -2.31. The van der Waals surface area contributed by atoms with E-state index in [2.05, 4.69) is 5.32 Å². The third-order valence-corrected chi connectivity index (χ3v) is 4.70. The number of halogens is 1. The summed E-state index contributed by atoms with van der Waals surface area (Å²) in [6.45, 7) is 1.73. The normalized spacial score (nSPS) is 15.4. The van der Waals surface area contributed by atoms with Crippen molar-refractivity contribution < 1.29 is 19.0 Å². The maximum absolute atomic E-state index is 12.4. The van der Waals surface area contributed by atoms with Gasteiger partial charge in [0, 0.05) is 26.0 Å². The zero-order valence-corrected chi connectivity index (χ0v) is 16.8. The zero-order valence-electron chi connectivity index (χ0n) is 16.0. The summed E-state index contributed by atoms with van der Waals surface area (Å²) in [6.07, 6.45) is 1.93. The van der Waals surface area contributed by atoms with Gasteiger partial charge in [-0.3, -0.25) is 4.79 Å². The zero-order chi connectivity index (χ0) is 19.1. The lowest BCUT2D eigenvalue weighted by molar-refractivity contribution is -0.124. The van der Waals surface area contributed by atoms with Crippen molar-refractivity contribution in [3.05, 3.63) is 54.1 Å². The Morgan fingerprint density at radius 3 is 2.21 bits per heavy atom. The average molecular weight is 407 g/mol. The van der Waals surface area contributed by atoms with E-state index < -0.39 is 5.54 Å². The van der Waals surface area contributed by atoms with Crippen molar-refractivity contribution in [1.29, 1.82) is 0 Å². The molecule has 2 aromatic carbocycles. The number of benzene rings is 2. The van der Waals surface area contributed by atoms with Gasteiger partial charge in [-0.05, 0) is 61.2 Å². The molecule has 2 aromatic rings. The molecule has 0 aliphatic carbocycles. The standard InChI is InChI=1S/C21H26N2O4.ClH/c1-25-13-10-16-2-6-18(7-3-16)27-19-8-4-17(5-9-19)23-20(24)21(22)11-14-26-15-12-21;/h2-9H,10-15,22H2,1H3,(H,23,24);1H. The van der Waals surface area contributed by atoms with Gasteiger partial charge in [-0.15, -0.1) is 12.4 Å². The van der Waals surface area contributed by atoms with E-state index in [1.165, 1.54) is 5.56 Å². The smallest absolute Gasteiger partial charge is 0.244 e. The van der Waals surface area contributed by atoms with Gasteiger partial charge in [0.2, 0.25) is 5.91 Å². The van der Waals surface area contributed by atoms with Crippen molar-refractivity contribution in [2.75, 3.05) is 32.2 Å². The van der Waals surface area contributed by atoms with Crippen LogP contribution in [0.5, 0.6) is 11.5 Å². The van der Waals surface area contributed by atoms with Crippen molar-refractivity contribution in [1.82, 2.24) is 0 Å². The Morgan fingerprint density at radius 2 is 1.64 bits per heavy atom. The van der Waals surface area contributed by atoms with Gasteiger partial charge in [0.1, 0.15) is 17.0 Å². The molecule has 0 radical (unpaired) electrons. The van der Waals surface area contributed by atoms with E-state index in [4.69, 9.17) is 19.9 Å². The van der Waals surface area contributed by atoms with Crippen LogP contribution >= 0.6 is 12.4 Å². The molecule has 0 unspecified atom stereocenters. The number of hydrogen-bond acceptors (Lipinski definition) is 5. The van der Waals surface area contributed by atoms with E-state index in [9.17, 15) is 4.79 Å². The Morgan fingerprint density at radius 1 is 1.07 bits per heavy atom. The minimum Gasteiger partial charge on any atom is -0.457 e. The average Bonchev–Trinajstić information content (AvgIpc) is 2.69. The van der Waals surface area contributed by atoms with Gasteiger partial charge in [-0.2, -0.15) is 0 Å². The number of anilines is 1. The highest BCUT2D eigenvalue weighted by atomic mass is 35.5. The fourth-order valence-corrected chi connectivity index (χ4v) is 2.90. The molecule has 152 valence electrons. The van der Waals surface area contributed by atoms with Gasteiger partial charge < -0.3 is 25.3 Å². The first-order chi connectivity index (χ1) is 13.1. The van der Waals surface area contributed by atoms with Gasteiger partial charge >= 0.3 is 0 Å². The molecule has 28 heavy (non-hydrogen) atoms. The van der Waals surface area contributed by atoms with Crippen LogP contribution in [0, 0.1) is 0 Å². The number of nitrogens with one attached hydrogen (secondary N) is 1. The number of hydrogen-bond donors (Lipinski definition) is 2. The first kappa shape index (κ1) is 22.2. The first-order valence-corrected chi connectivity index (χ1v) is 9.13. The van der Waals surface area contributed by atoms with E-state index in [1.807, 2.05) is 48.5 Å². The maximum atomic E-state index is 12.4. The summed E-state index contributed by atoms with van der Waals surface area (Å²) in [7, 11) is 1.69. The number of carbonyl (C=O) groups is 1. The van der Waals surface area contributed by atoms with E-state index in [-0.39, 0.29) is 18.3 Å². The van der Waals surface area contributed by atoms with E-state index in [0.717, 1.165) is 12.2 Å². The summed E-state index contributed by atoms with van der Waals surface area (Å²) in [4.78, 5) is 12.4. The Hall–Kier alpha value is -2.12. The molecule has 0 atom stereocenters. The van der Waals surface area contributed by atoms with Crippen LogP contribution in [0.2, 0.25) is 0 Å². The van der Waals surface area contributed by atoms with Gasteiger partial charge in [0.15, 0.2) is 0 Å². The van der Waals surface area contributed by atoms with Crippen molar-refractivity contribution in [2.24, 2.45) is 5.73 Å². The second kappa shape index (κ2) is 10.4. The molecular formula is C21H27ClN2O4. The van der Waals surface area contributed by atoms with E-state index in [1.54, 1.807) is 7.11 Å². The fourth-order valence-electron chi connectivity index (χ4n) is 2.90. The van der Waals surface area contributed by atoms with Crippen molar-refractivity contribution in [3.8, 4) is 11.5 Å². The lowest BCUT2D eigenvalue weighted by Crippen LogP contribution is -2.54. The van der Waals surface area contributed by atoms with Gasteiger partial charge in [0.05, 0.1) is 6.61 Å². The summed E-state index contributed by atoms with van der Waals surface area (Å²) in [5.74, 6) is 1.29. The summed E-state index contributed by atoms with van der Waals surface area (Å²) < 4.78 is 16.2. The highest BCUT2D eigenvalue weighted by Crippen LogP contribution is 2.25. The van der Waals surface area contributed by atoms with Crippen LogP contribution in [0.25, 0.3) is 0 Å². The van der Waals surface area contributed by atoms with E-state index in [0.29, 0.717) is 44.1 Å². The minimum atomic E-state index is -0.863. The number of rotatable bonds is 7. The molecule has 0 saturated carbocycles. The molecule has 6 nitrogen and oxygen atoms in total. The molecule has 3 N–H and O–H groups in total. The molecular weight excluding hydrogens is 380 g/mol. The lowest BCUT2D eigenvalue weighted by atomic mass is 9.90. The SMILES string of the molecule is COCCc1ccc(Oc2ccc(NC(=O)C3(N)CCOCC3)cc2)cc1.Cl. The molecule has 3 rings (SSSR count). The molecule has 0 aromatic heterocycles. The van der Waals surface area contributed by atoms with Crippen LogP contribution in [0.1, 0.15) is 18.4 Å². The summed E-state index contributed by atoms with van der Waals surface area (Å²) in [5.41, 5.74) is 7.23. The molecule has 1 aliphatic rings. The van der Waals surface area contributed by atoms with Crippen LogP contribution < -0.4 is 15.8 Å². The topological polar surface area (TPSA) is 82.8 Å². The van der Waals surface area contributed by atoms with Crippen LogP contribution in [-0.4, -0.2) is 38.4 Å². The van der Waals surface area contributed by atoms with Crippen molar-refractivity contribution in [2.45, 2.75) is 24.8 Å². The number of amides is 1. The van der Waals surface area contributed by atoms with Crippen LogP contribution in [0.4, 0.5) is 5.69 Å². The predicted molar refractivity (Wildman–Crippen MR) is 111 cm³/mol. The molecule has 7 heteroatoms. The summed E-state index contributed by atoms with van der Waals surface area (Å²) >= 11 is 0. The molecule has 1 saturated heterocycles. The van der Waals surface area contributed by atoms with Crippen molar-refractivity contribution >= 4 is 24.0 Å². The minimum absolute atomic E-state index is 0. The Balaban J connectivity index is 0.00000280. The van der Waals surface area contributed by atoms with Crippen molar-refractivity contribution in [3.63, 3.8) is 0 Å². The quantitative estimate of drug-likeness (QED) is 0.734. The molecule has 1 fully saturated rings. The third-order valence-electron chi connectivity index (χ3n) is 4.70. The third kappa shape index (κ3) is 5.94. The molecule has 0 bridgehead atoms. The molecule has 1 amide bonds. The largest absolute Gasteiger partial charge is 0.457 e. The van der Waals surface area contributed by atoms with Gasteiger partial charge in [-0.25, -0.2) is 0 Å². The maximum Gasteiger partial charge on any atom is 0.244 e. The second-order valence-corrected chi connectivity index (χ2v) is 6.74. The molecule has 1 heterocycles. The highest BCUT2D eigenvalue weighted by Gasteiger charge is 2.35. The summed E-state index contributed by atoms with van der Waals surface area (Å²) in [6, 6.07) is 15.2. The second-order valence-electron chi connectivity index (χ2n) is 6.74. The molecule has 0 spiro atoms. The Labute approximate surface area is 171 Å². The Kier molecular flexibility index (Phi) is 8.26. The summed E-state index contributed by atoms with van der Waals surface area (Å²) in [5, 5.41) is 2.88. The van der Waals surface area contributed by atoms with Gasteiger partial charge in [0.25, 0.3) is 0 Å². The number of methoxy groups -OCH3 is 1. The van der Waals surface area contributed by atoms with E-state index >= 15 is 0 Å². The van der Waals surface area contributed by atoms with Crippen LogP contribution in [0.3, 0.4) is 0 Å². The van der Waals surface area contributed by atoms with Gasteiger partial charge in [-0.1, -0.05) is 12.1 Å². The first-order valence-electron chi connectivity index (χ1n) is 9.13. The van der Waals surface area contributed by atoms with Crippen LogP contribution in [0.15, 0.2) is 48.5 Å². The number of ether oxygens (including phenoxy) is 3.